The Morgan fingerprint density at radius 1 is 1.12 bits per heavy atom. The molecule has 0 saturated heterocycles. The number of amides is 1. The van der Waals surface area contributed by atoms with Crippen LogP contribution in [0.3, 0.4) is 0 Å². The first-order valence-corrected chi connectivity index (χ1v) is 10.1. The van der Waals surface area contributed by atoms with Crippen molar-refractivity contribution < 1.29 is 48.7 Å². The van der Waals surface area contributed by atoms with Gasteiger partial charge in [-0.1, -0.05) is 0 Å². The van der Waals surface area contributed by atoms with E-state index >= 15 is 0 Å². The van der Waals surface area contributed by atoms with Crippen LogP contribution < -0.4 is 10.0 Å². The fourth-order valence-electron chi connectivity index (χ4n) is 2.47. The summed E-state index contributed by atoms with van der Waals surface area (Å²) < 4.78 is 124. The van der Waals surface area contributed by atoms with Gasteiger partial charge in [0.2, 0.25) is 10.0 Å². The molecule has 1 heterocycles. The lowest BCUT2D eigenvalue weighted by Gasteiger charge is -2.16. The Labute approximate surface area is 177 Å². The van der Waals surface area contributed by atoms with Crippen LogP contribution in [-0.4, -0.2) is 44.8 Å². The van der Waals surface area contributed by atoms with Crippen LogP contribution in [0, 0.1) is 23.3 Å². The summed E-state index contributed by atoms with van der Waals surface area (Å²) in [5.74, 6) is -8.28. The van der Waals surface area contributed by atoms with Crippen LogP contribution in [0.15, 0.2) is 23.2 Å². The van der Waals surface area contributed by atoms with Gasteiger partial charge in [-0.25, -0.2) is 26.0 Å². The average molecular weight is 491 g/mol. The Bertz CT molecular complexity index is 1090. The number of nitrogens with one attached hydrogen (secondary N) is 2. The van der Waals surface area contributed by atoms with Crippen LogP contribution in [0.4, 0.5) is 36.4 Å². The van der Waals surface area contributed by atoms with E-state index in [9.17, 15) is 43.9 Å². The molecule has 0 unspecified atom stereocenters. The molecule has 1 atom stereocenters. The summed E-state index contributed by atoms with van der Waals surface area (Å²) in [7, 11) is -3.85. The minimum atomic E-state index is -5.08. The third-order valence-corrected chi connectivity index (χ3v) is 5.62. The highest BCUT2D eigenvalue weighted by atomic mass is 32.2. The summed E-state index contributed by atoms with van der Waals surface area (Å²) in [6, 6.07) is -1.79. The smallest absolute Gasteiger partial charge is 0.383 e. The van der Waals surface area contributed by atoms with Gasteiger partial charge in [-0.3, -0.25) is 4.79 Å². The summed E-state index contributed by atoms with van der Waals surface area (Å²) in [5, 5.41) is 1.87. The third-order valence-electron chi connectivity index (χ3n) is 4.09. The number of nitrogens with zero attached hydrogens (tertiary/aromatic N) is 1. The standard InChI is InChI=1S/C17H16F7N3O4S/c1-8(17(22,23)24)26-32(29,30)12-7-27(3-4-31-2)15(14(12)21)16(28)25-9-5-10(18)13(20)11(19)6-9/h5-8,26H,3-4H2,1-2H3,(H,25,28)/t8-/m1/s1. The molecule has 0 radical (unpaired) electrons. The lowest BCUT2D eigenvalue weighted by molar-refractivity contribution is -0.147. The van der Waals surface area contributed by atoms with E-state index in [1.54, 1.807) is 0 Å². The molecule has 0 aliphatic carbocycles. The van der Waals surface area contributed by atoms with E-state index in [0.717, 1.165) is 4.57 Å². The molecule has 2 rings (SSSR count). The first-order valence-electron chi connectivity index (χ1n) is 8.61. The minimum absolute atomic E-state index is 0.167. The number of aromatic nitrogens is 1. The molecule has 0 aliphatic rings. The van der Waals surface area contributed by atoms with Gasteiger partial charge in [0.25, 0.3) is 5.91 Å². The van der Waals surface area contributed by atoms with E-state index < -0.39 is 67.7 Å². The molecule has 0 fully saturated rings. The Kier molecular flexibility index (Phi) is 7.57. The van der Waals surface area contributed by atoms with Crippen molar-refractivity contribution in [3.05, 3.63) is 47.3 Å². The summed E-state index contributed by atoms with van der Waals surface area (Å²) >= 11 is 0. The highest BCUT2D eigenvalue weighted by Gasteiger charge is 2.40. The van der Waals surface area contributed by atoms with E-state index in [1.807, 2.05) is 5.32 Å². The number of benzene rings is 1. The second-order valence-corrected chi connectivity index (χ2v) is 8.12. The number of carbonyl (C=O) groups is 1. The number of carbonyl (C=O) groups excluding carboxylic acids is 1. The zero-order valence-electron chi connectivity index (χ0n) is 16.4. The number of alkyl halides is 3. The van der Waals surface area contributed by atoms with Gasteiger partial charge in [0.05, 0.1) is 6.61 Å². The highest BCUT2D eigenvalue weighted by molar-refractivity contribution is 7.89. The third kappa shape index (κ3) is 5.58. The maximum absolute atomic E-state index is 14.9. The number of sulfonamides is 1. The Morgan fingerprint density at radius 2 is 1.69 bits per heavy atom. The van der Waals surface area contributed by atoms with E-state index in [2.05, 4.69) is 0 Å². The van der Waals surface area contributed by atoms with Gasteiger partial charge >= 0.3 is 6.18 Å². The maximum Gasteiger partial charge on any atom is 0.404 e. The van der Waals surface area contributed by atoms with Gasteiger partial charge in [-0.05, 0) is 6.92 Å². The zero-order chi connectivity index (χ0) is 24.4. The summed E-state index contributed by atoms with van der Waals surface area (Å²) in [6.45, 7) is 0.00928. The van der Waals surface area contributed by atoms with E-state index in [0.29, 0.717) is 25.3 Å². The molecule has 0 aliphatic heterocycles. The number of hydrogen-bond donors (Lipinski definition) is 2. The van der Waals surface area contributed by atoms with Crippen molar-refractivity contribution in [3.63, 3.8) is 0 Å². The van der Waals surface area contributed by atoms with Crippen LogP contribution in [0.1, 0.15) is 17.4 Å². The van der Waals surface area contributed by atoms with Crippen molar-refractivity contribution in [1.82, 2.24) is 9.29 Å². The minimum Gasteiger partial charge on any atom is -0.383 e. The molecule has 0 bridgehead atoms. The molecule has 15 heteroatoms. The van der Waals surface area contributed by atoms with Crippen molar-refractivity contribution >= 4 is 21.6 Å². The molecule has 1 amide bonds. The van der Waals surface area contributed by atoms with Gasteiger partial charge in [-0.2, -0.15) is 17.9 Å². The van der Waals surface area contributed by atoms with Crippen LogP contribution in [-0.2, 0) is 21.3 Å². The fourth-order valence-corrected chi connectivity index (χ4v) is 3.79. The van der Waals surface area contributed by atoms with Crippen molar-refractivity contribution in [2.75, 3.05) is 19.0 Å². The Balaban J connectivity index is 2.48. The first kappa shape index (κ1) is 25.6. The number of rotatable bonds is 8. The molecule has 1 aromatic heterocycles. The molecule has 178 valence electrons. The van der Waals surface area contributed by atoms with Crippen molar-refractivity contribution in [3.8, 4) is 0 Å². The van der Waals surface area contributed by atoms with Crippen molar-refractivity contribution in [1.29, 1.82) is 0 Å². The normalized spacial score (nSPS) is 13.3. The van der Waals surface area contributed by atoms with Crippen LogP contribution in [0.2, 0.25) is 0 Å². The number of hydrogen-bond acceptors (Lipinski definition) is 4. The monoisotopic (exact) mass is 491 g/mol. The lowest BCUT2D eigenvalue weighted by Crippen LogP contribution is -2.43. The maximum atomic E-state index is 14.9. The molecule has 1 aromatic carbocycles. The molecule has 0 spiro atoms. The zero-order valence-corrected chi connectivity index (χ0v) is 17.2. The molecule has 7 nitrogen and oxygen atoms in total. The topological polar surface area (TPSA) is 89.4 Å². The largest absolute Gasteiger partial charge is 0.404 e. The molecular weight excluding hydrogens is 475 g/mol. The molecule has 0 saturated carbocycles. The lowest BCUT2D eigenvalue weighted by atomic mass is 10.2. The van der Waals surface area contributed by atoms with Crippen molar-refractivity contribution in [2.24, 2.45) is 0 Å². The molecule has 2 aromatic rings. The van der Waals surface area contributed by atoms with Crippen LogP contribution in [0.25, 0.3) is 0 Å². The number of anilines is 1. The second-order valence-electron chi connectivity index (χ2n) is 6.43. The van der Waals surface area contributed by atoms with E-state index in [1.165, 1.54) is 11.8 Å². The quantitative estimate of drug-likeness (QED) is 0.439. The van der Waals surface area contributed by atoms with Crippen LogP contribution in [0.5, 0.6) is 0 Å². The van der Waals surface area contributed by atoms with E-state index in [4.69, 9.17) is 4.74 Å². The molecule has 32 heavy (non-hydrogen) atoms. The van der Waals surface area contributed by atoms with Crippen LogP contribution >= 0.6 is 0 Å². The predicted octanol–water partition coefficient (Wildman–Crippen LogP) is 3.17. The number of methoxy groups -OCH3 is 1. The van der Waals surface area contributed by atoms with Gasteiger partial charge in [0, 0.05) is 37.7 Å². The summed E-state index contributed by atoms with van der Waals surface area (Å²) in [6.07, 6.45) is -4.40. The molecular formula is C17H16F7N3O4S. The van der Waals surface area contributed by atoms with Gasteiger partial charge in [0.15, 0.2) is 23.3 Å². The number of halogens is 7. The number of ether oxygens (including phenoxy) is 1. The first-order chi connectivity index (χ1) is 14.7. The average Bonchev–Trinajstić information content (AvgIpc) is 3.00. The van der Waals surface area contributed by atoms with Gasteiger partial charge in [-0.15, -0.1) is 0 Å². The fraction of sp³-hybridized carbons (Fsp3) is 0.353. The SMILES string of the molecule is COCCn1cc(S(=O)(=O)N[C@H](C)C(F)(F)F)c(F)c1C(=O)Nc1cc(F)c(F)c(F)c1. The summed E-state index contributed by atoms with van der Waals surface area (Å²) in [4.78, 5) is 11.2. The summed E-state index contributed by atoms with van der Waals surface area (Å²) in [5.41, 5.74) is -1.61. The molecule has 2 N–H and O–H groups in total. The van der Waals surface area contributed by atoms with E-state index in [-0.39, 0.29) is 13.2 Å². The second kappa shape index (κ2) is 9.46. The van der Waals surface area contributed by atoms with Gasteiger partial charge < -0.3 is 14.6 Å². The Hall–Kier alpha value is -2.65. The predicted molar refractivity (Wildman–Crippen MR) is 96.4 cm³/mol. The van der Waals surface area contributed by atoms with Crippen molar-refractivity contribution in [2.45, 2.75) is 30.6 Å². The van der Waals surface area contributed by atoms with Gasteiger partial charge in [0.1, 0.15) is 16.6 Å². The highest BCUT2D eigenvalue weighted by Crippen LogP contribution is 2.26. The Morgan fingerprint density at radius 3 is 2.19 bits per heavy atom.